The number of ether oxygens (including phenoxy) is 2. The number of nitrogens with zero attached hydrogens (tertiary/aromatic N) is 1. The van der Waals surface area contributed by atoms with Crippen LogP contribution < -0.4 is 14.8 Å². The number of hydrogen-bond acceptors (Lipinski definition) is 4. The summed E-state index contributed by atoms with van der Waals surface area (Å²) in [5, 5.41) is 3.01. The third kappa shape index (κ3) is 5.93. The highest BCUT2D eigenvalue weighted by Gasteiger charge is 2.27. The molecule has 0 saturated carbocycles. The van der Waals surface area contributed by atoms with Gasteiger partial charge in [0.25, 0.3) is 5.91 Å². The van der Waals surface area contributed by atoms with E-state index in [1.54, 1.807) is 24.1 Å². The van der Waals surface area contributed by atoms with E-state index in [0.717, 1.165) is 13.0 Å². The molecule has 0 aromatic heterocycles. The van der Waals surface area contributed by atoms with E-state index in [0.29, 0.717) is 43.3 Å². The zero-order valence-corrected chi connectivity index (χ0v) is 16.0. The first-order chi connectivity index (χ1) is 12.5. The Hall–Kier alpha value is -2.24. The summed E-state index contributed by atoms with van der Waals surface area (Å²) in [4.78, 5) is 26.3. The number of benzene rings is 1. The molecule has 1 N–H and O–H groups in total. The van der Waals surface area contributed by atoms with Gasteiger partial charge in [-0.1, -0.05) is 26.0 Å². The molecule has 144 valence electrons. The van der Waals surface area contributed by atoms with E-state index in [-0.39, 0.29) is 24.3 Å². The molecular formula is C20H30N2O4. The summed E-state index contributed by atoms with van der Waals surface area (Å²) < 4.78 is 10.8. The average molecular weight is 362 g/mol. The number of hydrogen-bond donors (Lipinski definition) is 1. The van der Waals surface area contributed by atoms with Gasteiger partial charge in [-0.25, -0.2) is 0 Å². The van der Waals surface area contributed by atoms with Crippen molar-refractivity contribution in [1.29, 1.82) is 0 Å². The van der Waals surface area contributed by atoms with Crippen molar-refractivity contribution in [3.05, 3.63) is 24.3 Å². The lowest BCUT2D eigenvalue weighted by atomic mass is 9.95. The molecule has 0 spiro atoms. The first-order valence-corrected chi connectivity index (χ1v) is 9.32. The summed E-state index contributed by atoms with van der Waals surface area (Å²) >= 11 is 0. The molecule has 1 aromatic rings. The van der Waals surface area contributed by atoms with E-state index in [9.17, 15) is 9.59 Å². The molecule has 6 nitrogen and oxygen atoms in total. The fraction of sp³-hybridized carbons (Fsp3) is 0.600. The van der Waals surface area contributed by atoms with Crippen LogP contribution in [0.3, 0.4) is 0 Å². The van der Waals surface area contributed by atoms with Crippen LogP contribution in [-0.4, -0.2) is 50.1 Å². The highest BCUT2D eigenvalue weighted by atomic mass is 16.5. The second-order valence-corrected chi connectivity index (χ2v) is 7.07. The minimum atomic E-state index is -0.0606. The predicted molar refractivity (Wildman–Crippen MR) is 100 cm³/mol. The fourth-order valence-corrected chi connectivity index (χ4v) is 2.99. The van der Waals surface area contributed by atoms with Gasteiger partial charge < -0.3 is 19.7 Å². The number of methoxy groups -OCH3 is 1. The summed E-state index contributed by atoms with van der Waals surface area (Å²) in [5.74, 6) is 1.80. The smallest absolute Gasteiger partial charge is 0.260 e. The standard InChI is InChI=1S/C20H30N2O4/c1-15(2)8-11-21-20(24)16-9-12-22(13-10-16)19(23)14-26-18-7-5-4-6-17(18)25-3/h4-7,15-16H,8-14H2,1-3H3,(H,21,24). The van der Waals surface area contributed by atoms with Crippen LogP contribution >= 0.6 is 0 Å². The lowest BCUT2D eigenvalue weighted by Crippen LogP contribution is -2.44. The van der Waals surface area contributed by atoms with Crippen LogP contribution in [0.15, 0.2) is 24.3 Å². The summed E-state index contributed by atoms with van der Waals surface area (Å²) in [6.07, 6.45) is 2.39. The first-order valence-electron chi connectivity index (χ1n) is 9.32. The van der Waals surface area contributed by atoms with Gasteiger partial charge in [-0.05, 0) is 37.3 Å². The normalized spacial score (nSPS) is 15.0. The number of nitrogens with one attached hydrogen (secondary N) is 1. The molecule has 26 heavy (non-hydrogen) atoms. The highest BCUT2D eigenvalue weighted by Crippen LogP contribution is 2.26. The Labute approximate surface area is 155 Å². The quantitative estimate of drug-likeness (QED) is 0.771. The van der Waals surface area contributed by atoms with Gasteiger partial charge in [0.2, 0.25) is 5.91 Å². The van der Waals surface area contributed by atoms with Crippen molar-refractivity contribution < 1.29 is 19.1 Å². The van der Waals surface area contributed by atoms with Crippen LogP contribution in [0.2, 0.25) is 0 Å². The maximum absolute atomic E-state index is 12.4. The van der Waals surface area contributed by atoms with E-state index in [1.807, 2.05) is 12.1 Å². The molecule has 1 heterocycles. The van der Waals surface area contributed by atoms with Gasteiger partial charge in [0.05, 0.1) is 7.11 Å². The summed E-state index contributed by atoms with van der Waals surface area (Å²) in [7, 11) is 1.57. The van der Waals surface area contributed by atoms with Crippen molar-refractivity contribution >= 4 is 11.8 Å². The van der Waals surface area contributed by atoms with E-state index >= 15 is 0 Å². The maximum atomic E-state index is 12.4. The molecule has 2 rings (SSSR count). The maximum Gasteiger partial charge on any atom is 0.260 e. The molecule has 1 fully saturated rings. The average Bonchev–Trinajstić information content (AvgIpc) is 2.66. The van der Waals surface area contributed by atoms with Crippen LogP contribution in [0, 0.1) is 11.8 Å². The van der Waals surface area contributed by atoms with Crippen LogP contribution in [0.5, 0.6) is 11.5 Å². The molecule has 1 aliphatic heterocycles. The van der Waals surface area contributed by atoms with E-state index < -0.39 is 0 Å². The van der Waals surface area contributed by atoms with Gasteiger partial charge >= 0.3 is 0 Å². The molecular weight excluding hydrogens is 332 g/mol. The minimum Gasteiger partial charge on any atom is -0.493 e. The number of carbonyl (C=O) groups excluding carboxylic acids is 2. The van der Waals surface area contributed by atoms with Crippen molar-refractivity contribution in [2.24, 2.45) is 11.8 Å². The van der Waals surface area contributed by atoms with Gasteiger partial charge in [0.1, 0.15) is 0 Å². The second kappa shape index (κ2) is 10.0. The zero-order valence-electron chi connectivity index (χ0n) is 16.0. The molecule has 1 aromatic carbocycles. The number of amides is 2. The number of para-hydroxylation sites is 2. The number of piperidine rings is 1. The SMILES string of the molecule is COc1ccccc1OCC(=O)N1CCC(C(=O)NCCC(C)C)CC1. The van der Waals surface area contributed by atoms with E-state index in [1.165, 1.54) is 0 Å². The van der Waals surface area contributed by atoms with Crippen molar-refractivity contribution in [2.45, 2.75) is 33.1 Å². The molecule has 1 saturated heterocycles. The number of carbonyl (C=O) groups is 2. The lowest BCUT2D eigenvalue weighted by molar-refractivity contribution is -0.137. The van der Waals surface area contributed by atoms with Crippen LogP contribution in [0.1, 0.15) is 33.1 Å². The number of likely N-dealkylation sites (tertiary alicyclic amines) is 1. The van der Waals surface area contributed by atoms with Crippen LogP contribution in [-0.2, 0) is 9.59 Å². The molecule has 0 atom stereocenters. The van der Waals surface area contributed by atoms with Crippen LogP contribution in [0.4, 0.5) is 0 Å². The largest absolute Gasteiger partial charge is 0.493 e. The van der Waals surface area contributed by atoms with Gasteiger partial charge in [0.15, 0.2) is 18.1 Å². The molecule has 0 unspecified atom stereocenters. The van der Waals surface area contributed by atoms with Crippen molar-refractivity contribution in [3.8, 4) is 11.5 Å². The van der Waals surface area contributed by atoms with Gasteiger partial charge in [-0.2, -0.15) is 0 Å². The Morgan fingerprint density at radius 2 is 1.85 bits per heavy atom. The van der Waals surface area contributed by atoms with Gasteiger partial charge in [-0.15, -0.1) is 0 Å². The van der Waals surface area contributed by atoms with Crippen LogP contribution in [0.25, 0.3) is 0 Å². The topological polar surface area (TPSA) is 67.9 Å². The monoisotopic (exact) mass is 362 g/mol. The van der Waals surface area contributed by atoms with Crippen molar-refractivity contribution in [3.63, 3.8) is 0 Å². The summed E-state index contributed by atoms with van der Waals surface area (Å²) in [6.45, 7) is 6.17. The predicted octanol–water partition coefficient (Wildman–Crippen LogP) is 2.47. The highest BCUT2D eigenvalue weighted by molar-refractivity contribution is 5.80. The van der Waals surface area contributed by atoms with Gasteiger partial charge in [-0.3, -0.25) is 9.59 Å². The molecule has 2 amide bonds. The van der Waals surface area contributed by atoms with E-state index in [4.69, 9.17) is 9.47 Å². The number of rotatable bonds is 8. The van der Waals surface area contributed by atoms with Crippen molar-refractivity contribution in [2.75, 3.05) is 33.4 Å². The third-order valence-electron chi connectivity index (χ3n) is 4.66. The Kier molecular flexibility index (Phi) is 7.75. The molecule has 0 bridgehead atoms. The summed E-state index contributed by atoms with van der Waals surface area (Å²) in [6, 6.07) is 7.26. The fourth-order valence-electron chi connectivity index (χ4n) is 2.99. The molecule has 0 radical (unpaired) electrons. The Bertz CT molecular complexity index is 595. The molecule has 1 aliphatic rings. The first kappa shape index (κ1) is 20.1. The van der Waals surface area contributed by atoms with E-state index in [2.05, 4.69) is 19.2 Å². The van der Waals surface area contributed by atoms with Crippen molar-refractivity contribution in [1.82, 2.24) is 10.2 Å². The molecule has 0 aliphatic carbocycles. The van der Waals surface area contributed by atoms with Gasteiger partial charge in [0, 0.05) is 25.6 Å². The zero-order chi connectivity index (χ0) is 18.9. The Morgan fingerprint density at radius 3 is 2.46 bits per heavy atom. The Balaban J connectivity index is 1.73. The lowest BCUT2D eigenvalue weighted by Gasteiger charge is -2.31. The second-order valence-electron chi connectivity index (χ2n) is 7.07. The summed E-state index contributed by atoms with van der Waals surface area (Å²) in [5.41, 5.74) is 0. The molecule has 6 heteroatoms. The minimum absolute atomic E-state index is 0.00125. The Morgan fingerprint density at radius 1 is 1.19 bits per heavy atom. The third-order valence-corrected chi connectivity index (χ3v) is 4.66.